The SMILES string of the molecule is CCOC(=O)COc1cccc(-c2cccc(Cn3cc(C(c4ccccc4)c4ccccc4)ccc3=O)n2)c1. The first-order valence-corrected chi connectivity index (χ1v) is 13.3. The van der Waals surface area contributed by atoms with Crippen molar-refractivity contribution in [2.45, 2.75) is 19.4 Å². The van der Waals surface area contributed by atoms with Gasteiger partial charge in [-0.3, -0.25) is 9.78 Å². The molecule has 0 aliphatic rings. The topological polar surface area (TPSA) is 70.4 Å². The molecular formula is C34H30N2O4. The summed E-state index contributed by atoms with van der Waals surface area (Å²) >= 11 is 0. The molecule has 5 aromatic rings. The zero-order chi connectivity index (χ0) is 27.7. The molecule has 0 aliphatic carbocycles. The third-order valence-corrected chi connectivity index (χ3v) is 6.54. The van der Waals surface area contributed by atoms with Gasteiger partial charge in [0.15, 0.2) is 6.61 Å². The second kappa shape index (κ2) is 12.7. The highest BCUT2D eigenvalue weighted by Crippen LogP contribution is 2.31. The first kappa shape index (κ1) is 26.6. The van der Waals surface area contributed by atoms with Crippen molar-refractivity contribution in [2.24, 2.45) is 0 Å². The molecule has 6 heteroatoms. The van der Waals surface area contributed by atoms with Crippen LogP contribution in [-0.4, -0.2) is 28.7 Å². The molecule has 0 bridgehead atoms. The summed E-state index contributed by atoms with van der Waals surface area (Å²) in [6.07, 6.45) is 1.94. The zero-order valence-electron chi connectivity index (χ0n) is 22.3. The molecule has 200 valence electrons. The predicted molar refractivity (Wildman–Crippen MR) is 155 cm³/mol. The van der Waals surface area contributed by atoms with E-state index in [1.165, 1.54) is 0 Å². The summed E-state index contributed by atoms with van der Waals surface area (Å²) in [4.78, 5) is 29.4. The Morgan fingerprint density at radius 3 is 2.20 bits per heavy atom. The van der Waals surface area contributed by atoms with Gasteiger partial charge in [-0.2, -0.15) is 0 Å². The van der Waals surface area contributed by atoms with Crippen LogP contribution < -0.4 is 10.3 Å². The number of ether oxygens (including phenoxy) is 2. The molecule has 0 aliphatic heterocycles. The lowest BCUT2D eigenvalue weighted by Gasteiger charge is -2.20. The van der Waals surface area contributed by atoms with Gasteiger partial charge in [-0.25, -0.2) is 4.79 Å². The minimum absolute atomic E-state index is 0.00843. The summed E-state index contributed by atoms with van der Waals surface area (Å²) < 4.78 is 12.2. The van der Waals surface area contributed by atoms with Crippen LogP contribution >= 0.6 is 0 Å². The normalized spacial score (nSPS) is 10.8. The van der Waals surface area contributed by atoms with Gasteiger partial charge in [-0.05, 0) is 47.9 Å². The Morgan fingerprint density at radius 2 is 1.50 bits per heavy atom. The zero-order valence-corrected chi connectivity index (χ0v) is 22.3. The molecule has 0 N–H and O–H groups in total. The summed E-state index contributed by atoms with van der Waals surface area (Å²) in [6, 6.07) is 37.3. The van der Waals surface area contributed by atoms with Crippen LogP contribution in [0.25, 0.3) is 11.3 Å². The average molecular weight is 531 g/mol. The van der Waals surface area contributed by atoms with Gasteiger partial charge >= 0.3 is 5.97 Å². The molecule has 0 saturated heterocycles. The Morgan fingerprint density at radius 1 is 0.800 bits per heavy atom. The van der Waals surface area contributed by atoms with Crippen molar-refractivity contribution in [3.05, 3.63) is 154 Å². The van der Waals surface area contributed by atoms with Gasteiger partial charge < -0.3 is 14.0 Å². The Labute approximate surface area is 233 Å². The van der Waals surface area contributed by atoms with Crippen molar-refractivity contribution >= 4 is 5.97 Å². The number of esters is 1. The van der Waals surface area contributed by atoms with Gasteiger partial charge in [-0.15, -0.1) is 0 Å². The highest BCUT2D eigenvalue weighted by atomic mass is 16.6. The van der Waals surface area contributed by atoms with E-state index in [0.717, 1.165) is 33.6 Å². The fourth-order valence-corrected chi connectivity index (χ4v) is 4.71. The van der Waals surface area contributed by atoms with Crippen molar-refractivity contribution in [3.8, 4) is 17.0 Å². The van der Waals surface area contributed by atoms with E-state index < -0.39 is 5.97 Å². The van der Waals surface area contributed by atoms with Crippen LogP contribution in [0.1, 0.15) is 35.2 Å². The standard InChI is InChI=1S/C34H30N2O4/c1-2-39-33(38)24-40-30-17-9-15-27(21-30)31-18-10-16-29(35-31)23-36-22-28(19-20-32(36)37)34(25-11-5-3-6-12-25)26-13-7-4-8-14-26/h3-22,34H,2,23-24H2,1H3. The predicted octanol–water partition coefficient (Wildman–Crippen LogP) is 6.08. The van der Waals surface area contributed by atoms with Crippen LogP contribution in [0.2, 0.25) is 0 Å². The van der Waals surface area contributed by atoms with E-state index in [4.69, 9.17) is 14.5 Å². The average Bonchev–Trinajstić information content (AvgIpc) is 2.99. The Kier molecular flexibility index (Phi) is 8.47. The first-order valence-electron chi connectivity index (χ1n) is 13.3. The second-order valence-corrected chi connectivity index (χ2v) is 9.32. The molecule has 0 atom stereocenters. The maximum Gasteiger partial charge on any atom is 0.344 e. The van der Waals surface area contributed by atoms with Gasteiger partial charge in [0, 0.05) is 23.7 Å². The number of hydrogen-bond acceptors (Lipinski definition) is 5. The second-order valence-electron chi connectivity index (χ2n) is 9.32. The number of carbonyl (C=O) groups excluding carboxylic acids is 1. The number of rotatable bonds is 10. The van der Waals surface area contributed by atoms with Crippen molar-refractivity contribution in [2.75, 3.05) is 13.2 Å². The maximum atomic E-state index is 12.9. The lowest BCUT2D eigenvalue weighted by molar-refractivity contribution is -0.145. The monoisotopic (exact) mass is 530 g/mol. The first-order chi connectivity index (χ1) is 19.6. The Hall–Kier alpha value is -4.97. The molecule has 0 spiro atoms. The Balaban J connectivity index is 1.41. The third kappa shape index (κ3) is 6.53. The number of aromatic nitrogens is 2. The number of nitrogens with zero attached hydrogens (tertiary/aromatic N) is 2. The van der Waals surface area contributed by atoms with Crippen LogP contribution in [0.5, 0.6) is 5.75 Å². The van der Waals surface area contributed by atoms with Gasteiger partial charge in [0.25, 0.3) is 5.56 Å². The quantitative estimate of drug-likeness (QED) is 0.205. The van der Waals surface area contributed by atoms with E-state index in [9.17, 15) is 9.59 Å². The van der Waals surface area contributed by atoms with Crippen LogP contribution in [0.3, 0.4) is 0 Å². The highest BCUT2D eigenvalue weighted by molar-refractivity contribution is 5.71. The summed E-state index contributed by atoms with van der Waals surface area (Å²) in [5, 5.41) is 0. The number of pyridine rings is 2. The molecule has 0 amide bonds. The van der Waals surface area contributed by atoms with Crippen molar-refractivity contribution in [3.63, 3.8) is 0 Å². The third-order valence-electron chi connectivity index (χ3n) is 6.54. The maximum absolute atomic E-state index is 12.9. The Bertz CT molecular complexity index is 1590. The molecule has 6 nitrogen and oxygen atoms in total. The highest BCUT2D eigenvalue weighted by Gasteiger charge is 2.17. The molecule has 0 fully saturated rings. The molecule has 0 saturated carbocycles. The van der Waals surface area contributed by atoms with Gasteiger partial charge in [0.2, 0.25) is 0 Å². The largest absolute Gasteiger partial charge is 0.482 e. The van der Waals surface area contributed by atoms with E-state index in [-0.39, 0.29) is 18.1 Å². The minimum atomic E-state index is -0.414. The van der Waals surface area contributed by atoms with Gasteiger partial charge in [-0.1, -0.05) is 84.9 Å². The van der Waals surface area contributed by atoms with E-state index >= 15 is 0 Å². The number of carbonyl (C=O) groups is 1. The molecule has 2 heterocycles. The lowest BCUT2D eigenvalue weighted by atomic mass is 9.86. The van der Waals surface area contributed by atoms with Crippen LogP contribution in [0.15, 0.2) is 126 Å². The van der Waals surface area contributed by atoms with E-state index in [1.807, 2.05) is 85.1 Å². The minimum Gasteiger partial charge on any atom is -0.482 e. The molecule has 40 heavy (non-hydrogen) atoms. The number of benzene rings is 3. The molecular weight excluding hydrogens is 500 g/mol. The van der Waals surface area contributed by atoms with Crippen molar-refractivity contribution in [1.82, 2.24) is 9.55 Å². The van der Waals surface area contributed by atoms with E-state index in [0.29, 0.717) is 18.9 Å². The van der Waals surface area contributed by atoms with E-state index in [2.05, 4.69) is 24.3 Å². The van der Waals surface area contributed by atoms with Crippen LogP contribution in [-0.2, 0) is 16.1 Å². The van der Waals surface area contributed by atoms with Gasteiger partial charge in [0.05, 0.1) is 24.5 Å². The molecule has 0 unspecified atom stereocenters. The molecule has 5 rings (SSSR count). The lowest BCUT2D eigenvalue weighted by Crippen LogP contribution is -2.21. The van der Waals surface area contributed by atoms with E-state index in [1.54, 1.807) is 23.6 Å². The molecule has 2 aromatic heterocycles. The summed E-state index contributed by atoms with van der Waals surface area (Å²) in [5.41, 5.74) is 5.59. The van der Waals surface area contributed by atoms with Crippen LogP contribution in [0, 0.1) is 0 Å². The molecule has 0 radical (unpaired) electrons. The smallest absolute Gasteiger partial charge is 0.344 e. The summed E-state index contributed by atoms with van der Waals surface area (Å²) in [7, 11) is 0. The van der Waals surface area contributed by atoms with Crippen LogP contribution in [0.4, 0.5) is 0 Å². The van der Waals surface area contributed by atoms with Crippen molar-refractivity contribution in [1.29, 1.82) is 0 Å². The number of hydrogen-bond donors (Lipinski definition) is 0. The summed E-state index contributed by atoms with van der Waals surface area (Å²) in [5.74, 6) is 0.128. The fourth-order valence-electron chi connectivity index (χ4n) is 4.71. The van der Waals surface area contributed by atoms with Gasteiger partial charge in [0.1, 0.15) is 5.75 Å². The summed E-state index contributed by atoms with van der Waals surface area (Å²) in [6.45, 7) is 2.24. The van der Waals surface area contributed by atoms with Crippen molar-refractivity contribution < 1.29 is 14.3 Å². The molecule has 3 aromatic carbocycles. The fraction of sp³-hybridized carbons (Fsp3) is 0.147.